The zero-order valence-electron chi connectivity index (χ0n) is 18.9. The Morgan fingerprint density at radius 1 is 1.14 bits per heavy atom. The fraction of sp³-hybridized carbons (Fsp3) is 0.182. The first-order chi connectivity index (χ1) is 16.8. The lowest BCUT2D eigenvalue weighted by Crippen LogP contribution is -2.36. The third-order valence-corrected chi connectivity index (χ3v) is 7.08. The molecule has 0 aliphatic carbocycles. The molecule has 0 aliphatic rings. The minimum absolute atomic E-state index is 0.0458. The highest BCUT2D eigenvalue weighted by atomic mass is 35.5. The van der Waals surface area contributed by atoms with Crippen LogP contribution in [0.25, 0.3) is 37.2 Å². The number of thiophene rings is 1. The molecule has 0 fully saturated rings. The van der Waals surface area contributed by atoms with E-state index in [2.05, 4.69) is 10.1 Å². The minimum Gasteiger partial charge on any atom is -0.494 e. The Kier molecular flexibility index (Phi) is 6.97. The normalized spacial score (nSPS) is 11.1. The van der Waals surface area contributed by atoms with Crippen LogP contribution in [0.5, 0.6) is 5.75 Å². The Morgan fingerprint density at radius 3 is 2.57 bits per heavy atom. The maximum absolute atomic E-state index is 14.0. The number of aromatic nitrogens is 5. The summed E-state index contributed by atoms with van der Waals surface area (Å²) in [6.07, 6.45) is 4.44. The summed E-state index contributed by atoms with van der Waals surface area (Å²) in [5.41, 5.74) is -0.454. The number of hydrogen-bond acceptors (Lipinski definition) is 7. The molecule has 1 aromatic carbocycles. The van der Waals surface area contributed by atoms with Gasteiger partial charge in [0.25, 0.3) is 5.56 Å². The second-order valence-electron chi connectivity index (χ2n) is 6.94. The summed E-state index contributed by atoms with van der Waals surface area (Å²) in [7, 11) is 2.97. The molecular weight excluding hydrogens is 520 g/mol. The van der Waals surface area contributed by atoms with Crippen molar-refractivity contribution in [3.8, 4) is 21.9 Å². The van der Waals surface area contributed by atoms with Gasteiger partial charge in [0.05, 0.1) is 41.2 Å². The molecule has 0 spiro atoms. The van der Waals surface area contributed by atoms with Gasteiger partial charge in [0.2, 0.25) is 0 Å². The van der Waals surface area contributed by atoms with E-state index in [4.69, 9.17) is 16.3 Å². The molecule has 5 aromatic rings. The summed E-state index contributed by atoms with van der Waals surface area (Å²) >= 11 is 6.89. The molecule has 0 radical (unpaired) electrons. The molecule has 0 unspecified atom stereocenters. The SMILES string of the molecule is CC.COc1cc(-c2cc3c(s2)c(=O)n(-c2cncc4cnn(C)c24)c(=O)n3SF)c(Cl)cc1F. The van der Waals surface area contributed by atoms with Gasteiger partial charge in [-0.15, -0.1) is 15.2 Å². The monoisotopic (exact) mass is 537 g/mol. The van der Waals surface area contributed by atoms with Crippen LogP contribution in [-0.4, -0.2) is 30.4 Å². The van der Waals surface area contributed by atoms with E-state index in [1.807, 2.05) is 13.8 Å². The Balaban J connectivity index is 0.00000141. The van der Waals surface area contributed by atoms with Crippen LogP contribution in [0.3, 0.4) is 0 Å². The highest BCUT2D eigenvalue weighted by Gasteiger charge is 2.22. The van der Waals surface area contributed by atoms with Gasteiger partial charge >= 0.3 is 5.69 Å². The quantitative estimate of drug-likeness (QED) is 0.306. The number of fused-ring (bicyclic) bond motifs is 2. The standard InChI is InChI=1S/C20H12ClF2N5O3S2.C2H6/c1-26-17-9(7-25-26)6-24-8-14(17)27-19(29)18-13(28(33-23)20(27)30)5-16(32-18)10-3-15(31-2)12(22)4-11(10)21;1-2/h3-8H,1-2H3;1-2H3. The van der Waals surface area contributed by atoms with Crippen LogP contribution in [0.1, 0.15) is 13.8 Å². The first kappa shape index (κ1) is 24.9. The highest BCUT2D eigenvalue weighted by Crippen LogP contribution is 2.39. The van der Waals surface area contributed by atoms with Gasteiger partial charge in [-0.3, -0.25) is 14.5 Å². The van der Waals surface area contributed by atoms with E-state index in [1.54, 1.807) is 19.4 Å². The van der Waals surface area contributed by atoms with E-state index in [1.165, 1.54) is 30.1 Å². The average Bonchev–Trinajstić information content (AvgIpc) is 3.46. The molecule has 35 heavy (non-hydrogen) atoms. The number of hydrogen-bond donors (Lipinski definition) is 0. The van der Waals surface area contributed by atoms with Crippen LogP contribution < -0.4 is 16.0 Å². The molecule has 8 nitrogen and oxygen atoms in total. The molecule has 0 saturated carbocycles. The summed E-state index contributed by atoms with van der Waals surface area (Å²) in [5, 5.41) is 4.83. The van der Waals surface area contributed by atoms with Crippen molar-refractivity contribution in [3.05, 3.63) is 68.5 Å². The third-order valence-electron chi connectivity index (χ3n) is 5.13. The van der Waals surface area contributed by atoms with Crippen molar-refractivity contribution < 1.29 is 13.0 Å². The molecule has 0 N–H and O–H groups in total. The minimum atomic E-state index is -0.900. The lowest BCUT2D eigenvalue weighted by Gasteiger charge is -2.09. The van der Waals surface area contributed by atoms with Crippen molar-refractivity contribution in [1.29, 1.82) is 0 Å². The lowest BCUT2D eigenvalue weighted by molar-refractivity contribution is 0.387. The zero-order valence-corrected chi connectivity index (χ0v) is 21.3. The fourth-order valence-corrected chi connectivity index (χ4v) is 5.46. The number of pyridine rings is 1. The fourth-order valence-electron chi connectivity index (χ4n) is 3.63. The Bertz CT molecular complexity index is 1690. The van der Waals surface area contributed by atoms with Crippen LogP contribution >= 0.6 is 35.3 Å². The number of halogens is 3. The van der Waals surface area contributed by atoms with Crippen LogP contribution in [0.4, 0.5) is 8.28 Å². The van der Waals surface area contributed by atoms with Crippen LogP contribution in [-0.2, 0) is 7.05 Å². The van der Waals surface area contributed by atoms with E-state index >= 15 is 0 Å². The van der Waals surface area contributed by atoms with Crippen LogP contribution in [0, 0.1) is 5.82 Å². The second-order valence-corrected chi connectivity index (χ2v) is 8.91. The zero-order chi connectivity index (χ0) is 25.4. The molecule has 13 heteroatoms. The maximum atomic E-state index is 14.0. The van der Waals surface area contributed by atoms with Crippen LogP contribution in [0.2, 0.25) is 5.02 Å². The lowest BCUT2D eigenvalue weighted by atomic mass is 10.1. The summed E-state index contributed by atoms with van der Waals surface area (Å²) in [4.78, 5) is 31.2. The van der Waals surface area contributed by atoms with Gasteiger partial charge in [0.15, 0.2) is 23.9 Å². The highest BCUT2D eigenvalue weighted by molar-refractivity contribution is 7.92. The van der Waals surface area contributed by atoms with Crippen LogP contribution in [0.15, 0.2) is 46.4 Å². The smallest absolute Gasteiger partial charge is 0.348 e. The van der Waals surface area contributed by atoms with Gasteiger partial charge < -0.3 is 4.74 Å². The number of nitrogens with zero attached hydrogens (tertiary/aromatic N) is 5. The van der Waals surface area contributed by atoms with Crippen molar-refractivity contribution in [2.75, 3.05) is 7.11 Å². The molecule has 0 amide bonds. The number of benzene rings is 1. The predicted molar refractivity (Wildman–Crippen MR) is 136 cm³/mol. The molecule has 0 atom stereocenters. The molecule has 0 aliphatic heterocycles. The van der Waals surface area contributed by atoms with Crippen molar-refractivity contribution in [2.24, 2.45) is 7.05 Å². The molecule has 5 rings (SSSR count). The number of ether oxygens (including phenoxy) is 1. The summed E-state index contributed by atoms with van der Waals surface area (Å²) in [5.74, 6) is -0.696. The van der Waals surface area contributed by atoms with Crippen molar-refractivity contribution in [3.63, 3.8) is 0 Å². The van der Waals surface area contributed by atoms with Gasteiger partial charge in [-0.25, -0.2) is 17.7 Å². The van der Waals surface area contributed by atoms with Gasteiger partial charge in [-0.2, -0.15) is 5.10 Å². The molecule has 4 heterocycles. The Morgan fingerprint density at radius 2 is 1.89 bits per heavy atom. The van der Waals surface area contributed by atoms with E-state index in [9.17, 15) is 17.9 Å². The van der Waals surface area contributed by atoms with E-state index in [0.29, 0.717) is 21.3 Å². The molecule has 4 aromatic heterocycles. The Hall–Kier alpha value is -3.22. The molecular formula is C22H18ClF2N5O3S2. The van der Waals surface area contributed by atoms with E-state index in [-0.39, 0.29) is 39.0 Å². The summed E-state index contributed by atoms with van der Waals surface area (Å²) in [6, 6.07) is 3.93. The first-order valence-electron chi connectivity index (χ1n) is 10.3. The van der Waals surface area contributed by atoms with Gasteiger partial charge in [-0.05, 0) is 18.2 Å². The second kappa shape index (κ2) is 9.80. The average molecular weight is 538 g/mol. The van der Waals surface area contributed by atoms with E-state index < -0.39 is 17.1 Å². The number of rotatable bonds is 4. The third kappa shape index (κ3) is 4.01. The molecule has 182 valence electrons. The Labute approximate surface area is 210 Å². The van der Waals surface area contributed by atoms with Crippen molar-refractivity contribution in [1.82, 2.24) is 23.3 Å². The predicted octanol–water partition coefficient (Wildman–Crippen LogP) is 5.37. The van der Waals surface area contributed by atoms with Gasteiger partial charge in [0.1, 0.15) is 4.70 Å². The van der Waals surface area contributed by atoms with Crippen molar-refractivity contribution in [2.45, 2.75) is 13.8 Å². The van der Waals surface area contributed by atoms with Gasteiger partial charge in [0, 0.05) is 29.1 Å². The first-order valence-corrected chi connectivity index (χ1v) is 12.1. The van der Waals surface area contributed by atoms with E-state index in [0.717, 1.165) is 25.9 Å². The van der Waals surface area contributed by atoms with Gasteiger partial charge in [-0.1, -0.05) is 25.4 Å². The number of methoxy groups -OCH3 is 1. The van der Waals surface area contributed by atoms with Crippen molar-refractivity contribution >= 4 is 56.4 Å². The number of aryl methyl sites for hydroxylation is 1. The summed E-state index contributed by atoms with van der Waals surface area (Å²) in [6.45, 7) is 4.00. The molecule has 0 bridgehead atoms. The topological polar surface area (TPSA) is 83.9 Å². The summed E-state index contributed by atoms with van der Waals surface area (Å²) < 4.78 is 36.2. The largest absolute Gasteiger partial charge is 0.494 e. The molecule has 0 saturated heterocycles. The maximum Gasteiger partial charge on any atom is 0.348 e.